The number of amides is 1. The van der Waals surface area contributed by atoms with Crippen LogP contribution in [0.5, 0.6) is 0 Å². The number of anilines is 1. The van der Waals surface area contributed by atoms with Gasteiger partial charge in [-0.05, 0) is 30.7 Å². The Morgan fingerprint density at radius 2 is 1.86 bits per heavy atom. The molecule has 0 spiro atoms. The maximum Gasteiger partial charge on any atom is 0.252 e. The van der Waals surface area contributed by atoms with Crippen LogP contribution in [0.1, 0.15) is 11.1 Å². The van der Waals surface area contributed by atoms with Crippen molar-refractivity contribution in [1.82, 2.24) is 0 Å². The lowest BCUT2D eigenvalue weighted by Gasteiger charge is -2.24. The number of aryl methyl sites for hydroxylation is 1. The Kier molecular flexibility index (Phi) is 5.68. The molecule has 1 amide bonds. The Morgan fingerprint density at radius 3 is 2.55 bits per heavy atom. The van der Waals surface area contributed by atoms with E-state index in [1.807, 2.05) is 36.1 Å². The van der Waals surface area contributed by atoms with Crippen molar-refractivity contribution in [2.75, 3.05) is 16.4 Å². The molecule has 0 N–H and O–H groups in total. The fraction of sp³-hybridized carbons (Fsp3) is 0.300. The zero-order chi connectivity index (χ0) is 20.8. The highest BCUT2D eigenvalue weighted by Crippen LogP contribution is 2.42. The van der Waals surface area contributed by atoms with Gasteiger partial charge in [0.05, 0.1) is 34.0 Å². The molecule has 2 fully saturated rings. The molecule has 2 aromatic rings. The number of fused-ring (bicyclic) bond motifs is 1. The molecule has 152 valence electrons. The van der Waals surface area contributed by atoms with E-state index in [0.717, 1.165) is 11.1 Å². The van der Waals surface area contributed by atoms with E-state index in [2.05, 4.69) is 4.99 Å². The summed E-state index contributed by atoms with van der Waals surface area (Å²) in [7, 11) is -3.13. The Morgan fingerprint density at radius 1 is 1.14 bits per heavy atom. The van der Waals surface area contributed by atoms with E-state index in [1.165, 1.54) is 11.8 Å². The minimum atomic E-state index is -3.13. The van der Waals surface area contributed by atoms with Gasteiger partial charge >= 0.3 is 0 Å². The zero-order valence-electron chi connectivity index (χ0n) is 15.5. The van der Waals surface area contributed by atoms with Gasteiger partial charge in [-0.1, -0.05) is 64.8 Å². The van der Waals surface area contributed by atoms with Gasteiger partial charge in [-0.25, -0.2) is 8.42 Å². The first kappa shape index (κ1) is 20.7. The highest BCUT2D eigenvalue weighted by Gasteiger charge is 2.49. The van der Waals surface area contributed by atoms with E-state index in [4.69, 9.17) is 23.2 Å². The normalized spacial score (nSPS) is 24.1. The van der Waals surface area contributed by atoms with Gasteiger partial charge in [-0.2, -0.15) is 4.99 Å². The summed E-state index contributed by atoms with van der Waals surface area (Å²) in [6.07, 6.45) is 0.188. The number of nitrogens with zero attached hydrogens (tertiary/aromatic N) is 2. The number of thioether (sulfide) groups is 1. The SMILES string of the molecule is Cc1ccc(CC(=O)N=C2S[C@@H]3CS(=O)(=O)C[C@@H]3N2c2ccc(Cl)c(Cl)c2)cc1. The Bertz CT molecular complexity index is 1100. The average Bonchev–Trinajstić information content (AvgIpc) is 3.10. The van der Waals surface area contributed by atoms with Crippen LogP contribution in [0.25, 0.3) is 0 Å². The first-order chi connectivity index (χ1) is 13.7. The van der Waals surface area contributed by atoms with Crippen LogP contribution in [0.3, 0.4) is 0 Å². The van der Waals surface area contributed by atoms with Crippen molar-refractivity contribution in [3.63, 3.8) is 0 Å². The van der Waals surface area contributed by atoms with Crippen LogP contribution in [0.15, 0.2) is 47.5 Å². The molecule has 2 aliphatic heterocycles. The molecular weight excluding hydrogens is 451 g/mol. The topological polar surface area (TPSA) is 66.8 Å². The number of amidine groups is 1. The Labute approximate surface area is 184 Å². The molecule has 0 radical (unpaired) electrons. The number of carbonyl (C=O) groups excluding carboxylic acids is 1. The number of hydrogen-bond donors (Lipinski definition) is 0. The van der Waals surface area contributed by atoms with E-state index in [-0.39, 0.29) is 35.1 Å². The van der Waals surface area contributed by atoms with Crippen LogP contribution in [0.4, 0.5) is 5.69 Å². The van der Waals surface area contributed by atoms with Gasteiger partial charge in [0, 0.05) is 10.9 Å². The van der Waals surface area contributed by atoms with Gasteiger partial charge in [0.25, 0.3) is 5.91 Å². The highest BCUT2D eigenvalue weighted by molar-refractivity contribution is 8.16. The summed E-state index contributed by atoms with van der Waals surface area (Å²) in [5.74, 6) is -0.175. The molecule has 2 atom stereocenters. The lowest BCUT2D eigenvalue weighted by Crippen LogP contribution is -2.37. The molecule has 0 bridgehead atoms. The van der Waals surface area contributed by atoms with Crippen molar-refractivity contribution >= 4 is 61.6 Å². The van der Waals surface area contributed by atoms with Crippen molar-refractivity contribution in [3.05, 3.63) is 63.6 Å². The molecule has 2 aromatic carbocycles. The molecule has 2 saturated heterocycles. The molecule has 0 saturated carbocycles. The maximum absolute atomic E-state index is 12.6. The van der Waals surface area contributed by atoms with E-state index < -0.39 is 9.84 Å². The number of hydrogen-bond acceptors (Lipinski definition) is 4. The molecule has 0 aromatic heterocycles. The minimum absolute atomic E-state index is 0.0239. The monoisotopic (exact) mass is 468 g/mol. The van der Waals surface area contributed by atoms with Crippen molar-refractivity contribution < 1.29 is 13.2 Å². The Balaban J connectivity index is 1.65. The van der Waals surface area contributed by atoms with Crippen LogP contribution >= 0.6 is 35.0 Å². The van der Waals surface area contributed by atoms with Crippen LogP contribution in [0, 0.1) is 6.92 Å². The number of rotatable bonds is 3. The summed E-state index contributed by atoms with van der Waals surface area (Å²) < 4.78 is 24.3. The molecule has 2 aliphatic rings. The van der Waals surface area contributed by atoms with Gasteiger partial charge in [-0.3, -0.25) is 4.79 Å². The quantitative estimate of drug-likeness (QED) is 0.676. The fourth-order valence-corrected chi connectivity index (χ4v) is 7.75. The summed E-state index contributed by atoms with van der Waals surface area (Å²) in [4.78, 5) is 18.7. The third kappa shape index (κ3) is 4.48. The predicted molar refractivity (Wildman–Crippen MR) is 120 cm³/mol. The molecule has 4 rings (SSSR count). The van der Waals surface area contributed by atoms with Crippen LogP contribution < -0.4 is 4.90 Å². The van der Waals surface area contributed by atoms with Crippen molar-refractivity contribution in [2.45, 2.75) is 24.6 Å². The minimum Gasteiger partial charge on any atom is -0.316 e. The summed E-state index contributed by atoms with van der Waals surface area (Å²) >= 11 is 13.5. The van der Waals surface area contributed by atoms with Gasteiger partial charge in [0.2, 0.25) is 0 Å². The number of halogens is 2. The lowest BCUT2D eigenvalue weighted by atomic mass is 10.1. The number of aliphatic imine (C=N–C) groups is 1. The number of benzene rings is 2. The van der Waals surface area contributed by atoms with E-state index in [1.54, 1.807) is 18.2 Å². The highest BCUT2D eigenvalue weighted by atomic mass is 35.5. The van der Waals surface area contributed by atoms with Crippen molar-refractivity contribution in [1.29, 1.82) is 0 Å². The summed E-state index contributed by atoms with van der Waals surface area (Å²) in [5.41, 5.74) is 2.69. The zero-order valence-corrected chi connectivity index (χ0v) is 18.7. The average molecular weight is 469 g/mol. The lowest BCUT2D eigenvalue weighted by molar-refractivity contribution is -0.117. The fourth-order valence-electron chi connectivity index (χ4n) is 3.53. The van der Waals surface area contributed by atoms with E-state index >= 15 is 0 Å². The molecule has 5 nitrogen and oxygen atoms in total. The van der Waals surface area contributed by atoms with Gasteiger partial charge < -0.3 is 4.90 Å². The second-order valence-electron chi connectivity index (χ2n) is 7.22. The second-order valence-corrected chi connectivity index (χ2v) is 11.4. The first-order valence-electron chi connectivity index (χ1n) is 9.00. The first-order valence-corrected chi connectivity index (χ1v) is 12.5. The molecule has 0 unspecified atom stereocenters. The van der Waals surface area contributed by atoms with Crippen LogP contribution in [0.2, 0.25) is 10.0 Å². The van der Waals surface area contributed by atoms with E-state index in [9.17, 15) is 13.2 Å². The standard InChI is InChI=1S/C20H18Cl2N2O3S2/c1-12-2-4-13(5-3-12)8-19(25)23-20-24(14-6-7-15(21)16(22)9-14)17-10-29(26,27)11-18(17)28-20/h2-7,9,17-18H,8,10-11H2,1H3/t17-,18+/m0/s1. The molecule has 0 aliphatic carbocycles. The van der Waals surface area contributed by atoms with Gasteiger partial charge in [0.1, 0.15) is 0 Å². The molecule has 9 heteroatoms. The predicted octanol–water partition coefficient (Wildman–Crippen LogP) is 4.15. The van der Waals surface area contributed by atoms with Crippen molar-refractivity contribution in [2.24, 2.45) is 4.99 Å². The Hall–Kier alpha value is -1.54. The molecule has 29 heavy (non-hydrogen) atoms. The van der Waals surface area contributed by atoms with Crippen LogP contribution in [-0.2, 0) is 21.1 Å². The third-order valence-corrected chi connectivity index (χ3v) is 8.89. The maximum atomic E-state index is 12.6. The van der Waals surface area contributed by atoms with Crippen LogP contribution in [-0.4, -0.2) is 42.3 Å². The van der Waals surface area contributed by atoms with Gasteiger partial charge in [-0.15, -0.1) is 0 Å². The second kappa shape index (κ2) is 7.95. The summed E-state index contributed by atoms with van der Waals surface area (Å²) in [6, 6.07) is 12.6. The number of sulfone groups is 1. The van der Waals surface area contributed by atoms with Gasteiger partial charge in [0.15, 0.2) is 15.0 Å². The van der Waals surface area contributed by atoms with Crippen molar-refractivity contribution in [3.8, 4) is 0 Å². The smallest absolute Gasteiger partial charge is 0.252 e. The number of carbonyl (C=O) groups is 1. The largest absolute Gasteiger partial charge is 0.316 e. The summed E-state index contributed by atoms with van der Waals surface area (Å²) in [6.45, 7) is 1.99. The third-order valence-electron chi connectivity index (χ3n) is 4.94. The molecular formula is C20H18Cl2N2O3S2. The summed E-state index contributed by atoms with van der Waals surface area (Å²) in [5, 5.41) is 1.11. The van der Waals surface area contributed by atoms with E-state index in [0.29, 0.717) is 20.9 Å². The molecule has 2 heterocycles.